The van der Waals surface area contributed by atoms with Crippen molar-refractivity contribution in [3.63, 3.8) is 0 Å². The molecule has 0 unspecified atom stereocenters. The van der Waals surface area contributed by atoms with Gasteiger partial charge in [0.2, 0.25) is 0 Å². The van der Waals surface area contributed by atoms with Crippen LogP contribution in [0.3, 0.4) is 0 Å². The monoisotopic (exact) mass is 227 g/mol. The highest BCUT2D eigenvalue weighted by atomic mass is 35.5. The third kappa shape index (κ3) is 2.49. The fraction of sp³-hybridized carbons (Fsp3) is 0.364. The first-order valence-electron chi connectivity index (χ1n) is 4.73. The predicted octanol–water partition coefficient (Wildman–Crippen LogP) is 1.93. The summed E-state index contributed by atoms with van der Waals surface area (Å²) in [4.78, 5) is 11.3. The SMILES string of the molecule is COC(=O)c1cccc([C@H]2CCN2)c1.Cl. The quantitative estimate of drug-likeness (QED) is 0.785. The molecule has 0 spiro atoms. The number of hydrogen-bond donors (Lipinski definition) is 1. The number of rotatable bonds is 2. The number of hydrogen-bond acceptors (Lipinski definition) is 3. The highest BCUT2D eigenvalue weighted by molar-refractivity contribution is 5.89. The van der Waals surface area contributed by atoms with Gasteiger partial charge in [-0.3, -0.25) is 0 Å². The van der Waals surface area contributed by atoms with Crippen LogP contribution < -0.4 is 5.32 Å². The molecule has 4 heteroatoms. The lowest BCUT2D eigenvalue weighted by molar-refractivity contribution is 0.0600. The van der Waals surface area contributed by atoms with Crippen LogP contribution in [0.5, 0.6) is 0 Å². The fourth-order valence-electron chi connectivity index (χ4n) is 1.57. The van der Waals surface area contributed by atoms with Crippen LogP contribution in [0.1, 0.15) is 28.4 Å². The van der Waals surface area contributed by atoms with Gasteiger partial charge in [0.15, 0.2) is 0 Å². The molecule has 1 saturated heterocycles. The molecule has 1 aliphatic heterocycles. The Hall–Kier alpha value is -1.06. The number of benzene rings is 1. The van der Waals surface area contributed by atoms with E-state index in [1.165, 1.54) is 12.7 Å². The summed E-state index contributed by atoms with van der Waals surface area (Å²) in [7, 11) is 1.40. The Labute approximate surface area is 95.2 Å². The van der Waals surface area contributed by atoms with Crippen LogP contribution in [-0.2, 0) is 4.74 Å². The molecular weight excluding hydrogens is 214 g/mol. The third-order valence-corrected chi connectivity index (χ3v) is 2.53. The first-order chi connectivity index (χ1) is 6.81. The molecule has 1 aromatic carbocycles. The highest BCUT2D eigenvalue weighted by Crippen LogP contribution is 2.23. The van der Waals surface area contributed by atoms with Crippen molar-refractivity contribution >= 4 is 18.4 Å². The lowest BCUT2D eigenvalue weighted by Crippen LogP contribution is -2.34. The molecule has 1 atom stereocenters. The van der Waals surface area contributed by atoms with E-state index in [-0.39, 0.29) is 18.4 Å². The van der Waals surface area contributed by atoms with E-state index in [1.54, 1.807) is 6.07 Å². The summed E-state index contributed by atoms with van der Waals surface area (Å²) in [6, 6.07) is 8.00. The summed E-state index contributed by atoms with van der Waals surface area (Å²) in [5.41, 5.74) is 1.79. The van der Waals surface area contributed by atoms with Crippen LogP contribution in [0.25, 0.3) is 0 Å². The van der Waals surface area contributed by atoms with Gasteiger partial charge in [-0.25, -0.2) is 4.79 Å². The number of carbonyl (C=O) groups excluding carboxylic acids is 1. The summed E-state index contributed by atoms with van der Waals surface area (Å²) in [5, 5.41) is 3.29. The van der Waals surface area contributed by atoms with Crippen molar-refractivity contribution < 1.29 is 9.53 Å². The smallest absolute Gasteiger partial charge is 0.337 e. The number of esters is 1. The van der Waals surface area contributed by atoms with Gasteiger partial charge in [-0.1, -0.05) is 12.1 Å². The first kappa shape index (κ1) is 12.0. The van der Waals surface area contributed by atoms with Gasteiger partial charge in [-0.05, 0) is 30.7 Å². The Morgan fingerprint density at radius 1 is 1.53 bits per heavy atom. The van der Waals surface area contributed by atoms with Crippen molar-refractivity contribution in [2.24, 2.45) is 0 Å². The summed E-state index contributed by atoms with van der Waals surface area (Å²) in [5.74, 6) is -0.272. The van der Waals surface area contributed by atoms with Gasteiger partial charge in [0, 0.05) is 6.04 Å². The summed E-state index contributed by atoms with van der Waals surface area (Å²) >= 11 is 0. The minimum atomic E-state index is -0.272. The average Bonchev–Trinajstić information content (AvgIpc) is 2.14. The lowest BCUT2D eigenvalue weighted by atomic mass is 9.96. The average molecular weight is 228 g/mol. The largest absolute Gasteiger partial charge is 0.465 e. The van der Waals surface area contributed by atoms with E-state index in [0.717, 1.165) is 13.0 Å². The molecular formula is C11H14ClNO2. The van der Waals surface area contributed by atoms with Gasteiger partial charge in [0.25, 0.3) is 0 Å². The van der Waals surface area contributed by atoms with E-state index in [9.17, 15) is 4.79 Å². The molecule has 0 amide bonds. The van der Waals surface area contributed by atoms with Gasteiger partial charge in [-0.15, -0.1) is 12.4 Å². The predicted molar refractivity (Wildman–Crippen MR) is 60.4 cm³/mol. The molecule has 0 radical (unpaired) electrons. The Kier molecular flexibility index (Phi) is 4.12. The van der Waals surface area contributed by atoms with Gasteiger partial charge >= 0.3 is 5.97 Å². The molecule has 1 heterocycles. The number of methoxy groups -OCH3 is 1. The first-order valence-corrected chi connectivity index (χ1v) is 4.73. The molecule has 3 nitrogen and oxygen atoms in total. The molecule has 0 aliphatic carbocycles. The van der Waals surface area contributed by atoms with Gasteiger partial charge < -0.3 is 10.1 Å². The molecule has 0 aromatic heterocycles. The lowest BCUT2D eigenvalue weighted by Gasteiger charge is -2.28. The van der Waals surface area contributed by atoms with Crippen LogP contribution in [0.4, 0.5) is 0 Å². The van der Waals surface area contributed by atoms with Gasteiger partial charge in [0.1, 0.15) is 0 Å². The number of carbonyl (C=O) groups is 1. The maximum absolute atomic E-state index is 11.3. The van der Waals surface area contributed by atoms with Crippen molar-refractivity contribution in [3.8, 4) is 0 Å². The van der Waals surface area contributed by atoms with E-state index in [1.807, 2.05) is 18.2 Å². The summed E-state index contributed by atoms with van der Waals surface area (Å²) in [6.45, 7) is 1.06. The minimum absolute atomic E-state index is 0. The topological polar surface area (TPSA) is 38.3 Å². The van der Waals surface area contributed by atoms with E-state index < -0.39 is 0 Å². The zero-order valence-corrected chi connectivity index (χ0v) is 9.34. The fourth-order valence-corrected chi connectivity index (χ4v) is 1.57. The second kappa shape index (κ2) is 5.14. The molecule has 1 N–H and O–H groups in total. The van der Waals surface area contributed by atoms with Crippen LogP contribution in [0.15, 0.2) is 24.3 Å². The zero-order chi connectivity index (χ0) is 9.97. The number of ether oxygens (including phenoxy) is 1. The zero-order valence-electron chi connectivity index (χ0n) is 8.53. The van der Waals surface area contributed by atoms with E-state index in [0.29, 0.717) is 11.6 Å². The van der Waals surface area contributed by atoms with Crippen LogP contribution in [-0.4, -0.2) is 19.6 Å². The molecule has 0 bridgehead atoms. The maximum atomic E-state index is 11.3. The summed E-state index contributed by atoms with van der Waals surface area (Å²) in [6.07, 6.45) is 1.14. The van der Waals surface area contributed by atoms with Crippen LogP contribution in [0, 0.1) is 0 Å². The minimum Gasteiger partial charge on any atom is -0.465 e. The molecule has 0 saturated carbocycles. The Morgan fingerprint density at radius 3 is 2.80 bits per heavy atom. The van der Waals surface area contributed by atoms with Gasteiger partial charge in [-0.2, -0.15) is 0 Å². The van der Waals surface area contributed by atoms with Crippen molar-refractivity contribution in [1.29, 1.82) is 0 Å². The number of nitrogens with one attached hydrogen (secondary N) is 1. The second-order valence-electron chi connectivity index (χ2n) is 3.41. The van der Waals surface area contributed by atoms with Crippen molar-refractivity contribution in [1.82, 2.24) is 5.32 Å². The number of halogens is 1. The van der Waals surface area contributed by atoms with E-state index >= 15 is 0 Å². The van der Waals surface area contributed by atoms with E-state index in [4.69, 9.17) is 0 Å². The van der Waals surface area contributed by atoms with Crippen molar-refractivity contribution in [2.75, 3.05) is 13.7 Å². The molecule has 2 rings (SSSR count). The molecule has 1 fully saturated rings. The maximum Gasteiger partial charge on any atom is 0.337 e. The van der Waals surface area contributed by atoms with Crippen molar-refractivity contribution in [3.05, 3.63) is 35.4 Å². The van der Waals surface area contributed by atoms with Crippen LogP contribution >= 0.6 is 12.4 Å². The second-order valence-corrected chi connectivity index (χ2v) is 3.41. The highest BCUT2D eigenvalue weighted by Gasteiger charge is 2.19. The standard InChI is InChI=1S/C11H13NO2.ClH/c1-14-11(13)9-4-2-3-8(7-9)10-5-6-12-10;/h2-4,7,10,12H,5-6H2,1H3;1H/t10-;/m1./s1. The van der Waals surface area contributed by atoms with Crippen molar-refractivity contribution in [2.45, 2.75) is 12.5 Å². The third-order valence-electron chi connectivity index (χ3n) is 2.53. The van der Waals surface area contributed by atoms with E-state index in [2.05, 4.69) is 10.1 Å². The molecule has 15 heavy (non-hydrogen) atoms. The molecule has 1 aliphatic rings. The molecule has 82 valence electrons. The Morgan fingerprint density at radius 2 is 2.27 bits per heavy atom. The Balaban J connectivity index is 0.00000112. The Bertz CT molecular complexity index is 350. The normalized spacial score (nSPS) is 18.6. The van der Waals surface area contributed by atoms with Gasteiger partial charge in [0.05, 0.1) is 12.7 Å². The summed E-state index contributed by atoms with van der Waals surface area (Å²) < 4.78 is 4.66. The molecule has 1 aromatic rings. The van der Waals surface area contributed by atoms with Crippen LogP contribution in [0.2, 0.25) is 0 Å².